The third kappa shape index (κ3) is 3.65. The van der Waals surface area contributed by atoms with Gasteiger partial charge in [0.25, 0.3) is 0 Å². The molecular weight excluding hydrogens is 268 g/mol. The first-order valence-electron chi connectivity index (χ1n) is 6.52. The number of para-hydroxylation sites is 1. The maximum absolute atomic E-state index is 11.3. The summed E-state index contributed by atoms with van der Waals surface area (Å²) in [7, 11) is 0. The van der Waals surface area contributed by atoms with Crippen LogP contribution in [0.25, 0.3) is 0 Å². The molecule has 0 fully saturated rings. The molecule has 0 bridgehead atoms. The lowest BCUT2D eigenvalue weighted by Gasteiger charge is -2.21. The Labute approximate surface area is 123 Å². The number of rotatable bonds is 5. The van der Waals surface area contributed by atoms with Crippen LogP contribution in [0.3, 0.4) is 0 Å². The maximum atomic E-state index is 11.3. The monoisotopic (exact) mass is 286 g/mol. The summed E-state index contributed by atoms with van der Waals surface area (Å²) in [6, 6.07) is 7.42. The summed E-state index contributed by atoms with van der Waals surface area (Å²) >= 11 is 0. The van der Waals surface area contributed by atoms with E-state index in [4.69, 9.17) is 11.5 Å². The average molecular weight is 286 g/mol. The number of aryl methyl sites for hydroxylation is 2. The van der Waals surface area contributed by atoms with Crippen LogP contribution in [-0.4, -0.2) is 27.6 Å². The average Bonchev–Trinajstić information content (AvgIpc) is 2.43. The Bertz CT molecular complexity index is 658. The lowest BCUT2D eigenvalue weighted by atomic mass is 10.1. The van der Waals surface area contributed by atoms with Crippen molar-refractivity contribution in [1.29, 1.82) is 0 Å². The molecule has 1 aromatic heterocycles. The van der Waals surface area contributed by atoms with Crippen LogP contribution >= 0.6 is 0 Å². The van der Waals surface area contributed by atoms with Crippen molar-refractivity contribution in [1.82, 2.24) is 15.2 Å². The number of hydrogen-bond acceptors (Lipinski definition) is 6. The smallest absolute Gasteiger partial charge is 0.246 e. The summed E-state index contributed by atoms with van der Waals surface area (Å²) in [5.74, 6) is -0.105. The molecule has 0 saturated carbocycles. The summed E-state index contributed by atoms with van der Waals surface area (Å²) in [5.41, 5.74) is 14.3. The van der Waals surface area contributed by atoms with Gasteiger partial charge in [0, 0.05) is 12.2 Å². The fourth-order valence-corrected chi connectivity index (χ4v) is 1.85. The van der Waals surface area contributed by atoms with Crippen molar-refractivity contribution in [3.05, 3.63) is 41.2 Å². The molecule has 0 aliphatic rings. The molecular formula is C14H18N6O. The van der Waals surface area contributed by atoms with Crippen LogP contribution in [0.1, 0.15) is 17.0 Å². The Kier molecular flexibility index (Phi) is 4.32. The largest absolute Gasteiger partial charge is 0.398 e. The molecule has 0 aliphatic carbocycles. The molecule has 0 unspecified atom stereocenters. The Morgan fingerprint density at radius 3 is 2.52 bits per heavy atom. The number of carbonyl (C=O) groups excluding carboxylic acids is 1. The number of amides is 1. The SMILES string of the molecule is Cc1nnc(N(CC(N)=O)Cc2ccccc2N)nc1C. The minimum absolute atomic E-state index is 0.00147. The summed E-state index contributed by atoms with van der Waals surface area (Å²) in [6.07, 6.45) is 0. The van der Waals surface area contributed by atoms with Crippen LogP contribution in [0, 0.1) is 13.8 Å². The Morgan fingerprint density at radius 2 is 1.90 bits per heavy atom. The summed E-state index contributed by atoms with van der Waals surface area (Å²) in [5, 5.41) is 8.07. The van der Waals surface area contributed by atoms with E-state index in [1.54, 1.807) is 11.0 Å². The second-order valence-corrected chi connectivity index (χ2v) is 4.80. The van der Waals surface area contributed by atoms with Gasteiger partial charge in [0.05, 0.1) is 17.9 Å². The van der Waals surface area contributed by atoms with Gasteiger partial charge < -0.3 is 16.4 Å². The highest BCUT2D eigenvalue weighted by atomic mass is 16.1. The van der Waals surface area contributed by atoms with Gasteiger partial charge in [-0.05, 0) is 25.5 Å². The molecule has 1 heterocycles. The van der Waals surface area contributed by atoms with Crippen LogP contribution in [0.4, 0.5) is 11.6 Å². The van der Waals surface area contributed by atoms with Crippen molar-refractivity contribution in [3.63, 3.8) is 0 Å². The predicted molar refractivity (Wildman–Crippen MR) is 80.4 cm³/mol. The molecule has 2 rings (SSSR count). The van der Waals surface area contributed by atoms with E-state index in [9.17, 15) is 4.79 Å². The molecule has 0 aliphatic heterocycles. The number of aromatic nitrogens is 3. The minimum Gasteiger partial charge on any atom is -0.398 e. The standard InChI is InChI=1S/C14H18N6O/c1-9-10(2)18-19-14(17-9)20(8-13(16)21)7-11-5-3-4-6-12(11)15/h3-6H,7-8,15H2,1-2H3,(H2,16,21). The van der Waals surface area contributed by atoms with E-state index in [1.165, 1.54) is 0 Å². The van der Waals surface area contributed by atoms with E-state index >= 15 is 0 Å². The second kappa shape index (κ2) is 6.17. The van der Waals surface area contributed by atoms with Gasteiger partial charge in [-0.3, -0.25) is 4.79 Å². The van der Waals surface area contributed by atoms with Gasteiger partial charge in [-0.25, -0.2) is 4.98 Å². The van der Waals surface area contributed by atoms with Crippen molar-refractivity contribution in [2.75, 3.05) is 17.2 Å². The van der Waals surface area contributed by atoms with Gasteiger partial charge in [0.2, 0.25) is 11.9 Å². The molecule has 0 spiro atoms. The van der Waals surface area contributed by atoms with E-state index in [0.29, 0.717) is 18.2 Å². The summed E-state index contributed by atoms with van der Waals surface area (Å²) in [6.45, 7) is 4.05. The molecule has 21 heavy (non-hydrogen) atoms. The Hall–Kier alpha value is -2.70. The van der Waals surface area contributed by atoms with Crippen LogP contribution in [-0.2, 0) is 11.3 Å². The van der Waals surface area contributed by atoms with E-state index < -0.39 is 5.91 Å². The Morgan fingerprint density at radius 1 is 1.19 bits per heavy atom. The fourth-order valence-electron chi connectivity index (χ4n) is 1.85. The molecule has 4 N–H and O–H groups in total. The first kappa shape index (κ1) is 14.7. The number of anilines is 2. The zero-order chi connectivity index (χ0) is 15.4. The number of carbonyl (C=O) groups is 1. The maximum Gasteiger partial charge on any atom is 0.246 e. The van der Waals surface area contributed by atoms with Crippen molar-refractivity contribution in [2.24, 2.45) is 5.73 Å². The highest BCUT2D eigenvalue weighted by Crippen LogP contribution is 2.17. The molecule has 0 atom stereocenters. The van der Waals surface area contributed by atoms with Crippen molar-refractivity contribution in [3.8, 4) is 0 Å². The number of nitrogens with zero attached hydrogens (tertiary/aromatic N) is 4. The third-order valence-electron chi connectivity index (χ3n) is 3.13. The molecule has 1 aromatic carbocycles. The van der Waals surface area contributed by atoms with E-state index in [-0.39, 0.29) is 6.54 Å². The van der Waals surface area contributed by atoms with Gasteiger partial charge in [0.15, 0.2) is 0 Å². The number of nitrogen functional groups attached to an aromatic ring is 1. The Balaban J connectivity index is 2.32. The van der Waals surface area contributed by atoms with Crippen LogP contribution in [0.2, 0.25) is 0 Å². The molecule has 110 valence electrons. The third-order valence-corrected chi connectivity index (χ3v) is 3.13. The minimum atomic E-state index is -0.466. The molecule has 0 radical (unpaired) electrons. The van der Waals surface area contributed by atoms with E-state index in [2.05, 4.69) is 15.2 Å². The van der Waals surface area contributed by atoms with Crippen LogP contribution in [0.15, 0.2) is 24.3 Å². The van der Waals surface area contributed by atoms with Crippen LogP contribution < -0.4 is 16.4 Å². The molecule has 2 aromatic rings. The normalized spacial score (nSPS) is 10.4. The topological polar surface area (TPSA) is 111 Å². The van der Waals surface area contributed by atoms with E-state index in [1.807, 2.05) is 32.0 Å². The highest BCUT2D eigenvalue weighted by Gasteiger charge is 2.15. The zero-order valence-electron chi connectivity index (χ0n) is 12.1. The van der Waals surface area contributed by atoms with Gasteiger partial charge in [-0.15, -0.1) is 5.10 Å². The summed E-state index contributed by atoms with van der Waals surface area (Å²) < 4.78 is 0. The molecule has 0 saturated heterocycles. The van der Waals surface area contributed by atoms with Gasteiger partial charge in [-0.2, -0.15) is 5.10 Å². The zero-order valence-corrected chi connectivity index (χ0v) is 12.1. The first-order valence-corrected chi connectivity index (χ1v) is 6.52. The number of primary amides is 1. The lowest BCUT2D eigenvalue weighted by Crippen LogP contribution is -2.35. The van der Waals surface area contributed by atoms with Gasteiger partial charge >= 0.3 is 0 Å². The number of benzene rings is 1. The quantitative estimate of drug-likeness (QED) is 0.777. The molecule has 7 nitrogen and oxygen atoms in total. The molecule has 1 amide bonds. The molecule has 7 heteroatoms. The van der Waals surface area contributed by atoms with Crippen molar-refractivity contribution in [2.45, 2.75) is 20.4 Å². The van der Waals surface area contributed by atoms with Crippen LogP contribution in [0.5, 0.6) is 0 Å². The predicted octanol–water partition coefficient (Wildman–Crippen LogP) is 0.563. The highest BCUT2D eigenvalue weighted by molar-refractivity contribution is 5.78. The number of hydrogen-bond donors (Lipinski definition) is 2. The van der Waals surface area contributed by atoms with Crippen molar-refractivity contribution < 1.29 is 4.79 Å². The van der Waals surface area contributed by atoms with Crippen molar-refractivity contribution >= 4 is 17.5 Å². The fraction of sp³-hybridized carbons (Fsp3) is 0.286. The number of nitrogens with two attached hydrogens (primary N) is 2. The lowest BCUT2D eigenvalue weighted by molar-refractivity contribution is -0.116. The van der Waals surface area contributed by atoms with E-state index in [0.717, 1.165) is 17.0 Å². The first-order chi connectivity index (χ1) is 9.97. The van der Waals surface area contributed by atoms with Gasteiger partial charge in [0.1, 0.15) is 0 Å². The second-order valence-electron chi connectivity index (χ2n) is 4.80. The summed E-state index contributed by atoms with van der Waals surface area (Å²) in [4.78, 5) is 17.3. The van der Waals surface area contributed by atoms with Gasteiger partial charge in [-0.1, -0.05) is 18.2 Å².